The monoisotopic (exact) mass is 331 g/mol. The zero-order valence-corrected chi connectivity index (χ0v) is 14.5. The molecular formula is C18H21NO5. The summed E-state index contributed by atoms with van der Waals surface area (Å²) < 4.78 is 17.5. The third-order valence-electron chi connectivity index (χ3n) is 3.82. The molecule has 0 bridgehead atoms. The normalized spacial score (nSPS) is 10.4. The molecule has 0 fully saturated rings. The highest BCUT2D eigenvalue weighted by Gasteiger charge is 2.16. The molecule has 0 aliphatic heterocycles. The fraction of sp³-hybridized carbons (Fsp3) is 0.333. The van der Waals surface area contributed by atoms with Crippen molar-refractivity contribution in [2.45, 2.75) is 20.5 Å². The van der Waals surface area contributed by atoms with Gasteiger partial charge in [-0.2, -0.15) is 0 Å². The van der Waals surface area contributed by atoms with E-state index in [-0.39, 0.29) is 12.4 Å². The van der Waals surface area contributed by atoms with Crippen molar-refractivity contribution in [3.63, 3.8) is 0 Å². The number of carbonyl (C=O) groups is 2. The summed E-state index contributed by atoms with van der Waals surface area (Å²) in [5, 5.41) is 0. The molecule has 0 amide bonds. The molecule has 0 unspecified atom stereocenters. The highest BCUT2D eigenvalue weighted by Crippen LogP contribution is 2.30. The minimum Gasteiger partial charge on any atom is -0.493 e. The maximum absolute atomic E-state index is 12.3. The fourth-order valence-corrected chi connectivity index (χ4v) is 2.36. The van der Waals surface area contributed by atoms with Crippen molar-refractivity contribution in [1.82, 2.24) is 4.57 Å². The quantitative estimate of drug-likeness (QED) is 0.601. The highest BCUT2D eigenvalue weighted by molar-refractivity contribution is 5.97. The molecule has 0 radical (unpaired) electrons. The number of carbonyl (C=O) groups excluding carboxylic acids is 2. The summed E-state index contributed by atoms with van der Waals surface area (Å²) >= 11 is 0. The molecule has 1 aromatic carbocycles. The topological polar surface area (TPSA) is 66.8 Å². The summed E-state index contributed by atoms with van der Waals surface area (Å²) in [7, 11) is 4.82. The summed E-state index contributed by atoms with van der Waals surface area (Å²) in [5.74, 6) is 0.616. The molecule has 0 aliphatic rings. The Morgan fingerprint density at radius 3 is 2.25 bits per heavy atom. The van der Waals surface area contributed by atoms with Gasteiger partial charge in [0.05, 0.1) is 14.2 Å². The van der Waals surface area contributed by atoms with Crippen molar-refractivity contribution in [1.29, 1.82) is 0 Å². The maximum atomic E-state index is 12.3. The van der Waals surface area contributed by atoms with Crippen LogP contribution in [0.1, 0.15) is 38.9 Å². The van der Waals surface area contributed by atoms with Crippen molar-refractivity contribution in [2.75, 3.05) is 14.2 Å². The smallest absolute Gasteiger partial charge is 0.355 e. The van der Waals surface area contributed by atoms with E-state index in [1.54, 1.807) is 38.1 Å². The number of esters is 1. The predicted molar refractivity (Wildman–Crippen MR) is 88.8 cm³/mol. The maximum Gasteiger partial charge on any atom is 0.355 e. The highest BCUT2D eigenvalue weighted by atomic mass is 16.5. The standard InChI is InChI=1S/C18H21NO5/c1-11-6-16(22-4)17(23-5)8-14(11)10-24-18(21)15-7-13(12(2)20)9-19(15)3/h6-9H,10H2,1-5H3. The summed E-state index contributed by atoms with van der Waals surface area (Å²) in [6, 6.07) is 5.15. The first-order valence-electron chi connectivity index (χ1n) is 7.43. The lowest BCUT2D eigenvalue weighted by Gasteiger charge is -2.13. The predicted octanol–water partition coefficient (Wildman–Crippen LogP) is 2.91. The van der Waals surface area contributed by atoms with E-state index < -0.39 is 5.97 Å². The zero-order valence-electron chi connectivity index (χ0n) is 14.5. The van der Waals surface area contributed by atoms with Gasteiger partial charge in [-0.3, -0.25) is 4.79 Å². The molecule has 24 heavy (non-hydrogen) atoms. The zero-order chi connectivity index (χ0) is 17.9. The average molecular weight is 331 g/mol. The van der Waals surface area contributed by atoms with Gasteiger partial charge in [0.1, 0.15) is 12.3 Å². The molecule has 0 saturated carbocycles. The summed E-state index contributed by atoms with van der Waals surface area (Å²) in [6.07, 6.45) is 1.61. The van der Waals surface area contributed by atoms with Crippen molar-refractivity contribution in [3.05, 3.63) is 46.8 Å². The molecule has 0 atom stereocenters. The molecule has 0 spiro atoms. The lowest BCUT2D eigenvalue weighted by atomic mass is 10.1. The van der Waals surface area contributed by atoms with E-state index in [9.17, 15) is 9.59 Å². The van der Waals surface area contributed by atoms with Crippen LogP contribution in [0.2, 0.25) is 0 Å². The summed E-state index contributed by atoms with van der Waals surface area (Å²) in [5.41, 5.74) is 2.56. The first kappa shape index (κ1) is 17.6. The van der Waals surface area contributed by atoms with Crippen molar-refractivity contribution < 1.29 is 23.8 Å². The second-order valence-corrected chi connectivity index (χ2v) is 5.49. The Morgan fingerprint density at radius 2 is 1.71 bits per heavy atom. The van der Waals surface area contributed by atoms with Crippen LogP contribution in [0.4, 0.5) is 0 Å². The van der Waals surface area contributed by atoms with Gasteiger partial charge in [-0.25, -0.2) is 4.79 Å². The van der Waals surface area contributed by atoms with Crippen molar-refractivity contribution in [3.8, 4) is 11.5 Å². The average Bonchev–Trinajstić information content (AvgIpc) is 2.95. The number of methoxy groups -OCH3 is 2. The molecule has 0 aliphatic carbocycles. The van der Waals surface area contributed by atoms with Gasteiger partial charge in [-0.1, -0.05) is 0 Å². The molecule has 6 nitrogen and oxygen atoms in total. The number of ketones is 1. The van der Waals surface area contributed by atoms with Crippen LogP contribution in [0.25, 0.3) is 0 Å². The van der Waals surface area contributed by atoms with E-state index >= 15 is 0 Å². The van der Waals surface area contributed by atoms with Gasteiger partial charge in [0.25, 0.3) is 0 Å². The van der Waals surface area contributed by atoms with Gasteiger partial charge in [-0.15, -0.1) is 0 Å². The van der Waals surface area contributed by atoms with Crippen LogP contribution in [0, 0.1) is 6.92 Å². The van der Waals surface area contributed by atoms with E-state index in [2.05, 4.69) is 0 Å². The van der Waals surface area contributed by atoms with Crippen molar-refractivity contribution in [2.24, 2.45) is 7.05 Å². The van der Waals surface area contributed by atoms with E-state index in [4.69, 9.17) is 14.2 Å². The molecule has 2 rings (SSSR count). The van der Waals surface area contributed by atoms with Gasteiger partial charge in [0.15, 0.2) is 17.3 Å². The van der Waals surface area contributed by atoms with E-state index in [1.165, 1.54) is 13.0 Å². The Hall–Kier alpha value is -2.76. The Labute approximate surface area is 140 Å². The first-order valence-corrected chi connectivity index (χ1v) is 7.43. The lowest BCUT2D eigenvalue weighted by Crippen LogP contribution is -2.10. The second kappa shape index (κ2) is 7.21. The Bertz CT molecular complexity index is 776. The van der Waals surface area contributed by atoms with Gasteiger partial charge in [0, 0.05) is 18.8 Å². The minimum absolute atomic E-state index is 0.0969. The summed E-state index contributed by atoms with van der Waals surface area (Å²) in [6.45, 7) is 3.46. The molecule has 1 heterocycles. The number of aryl methyl sites for hydroxylation is 2. The van der Waals surface area contributed by atoms with Gasteiger partial charge in [0.2, 0.25) is 0 Å². The van der Waals surface area contributed by atoms with E-state index in [0.29, 0.717) is 22.8 Å². The molecule has 2 aromatic rings. The molecular weight excluding hydrogens is 310 g/mol. The number of rotatable bonds is 6. The lowest BCUT2D eigenvalue weighted by molar-refractivity contribution is 0.0460. The van der Waals surface area contributed by atoms with Crippen LogP contribution in [0.3, 0.4) is 0 Å². The third kappa shape index (κ3) is 3.59. The number of Topliss-reactive ketones (excluding diaryl/α,β-unsaturated/α-hetero) is 1. The van der Waals surface area contributed by atoms with E-state index in [1.807, 2.05) is 13.0 Å². The van der Waals surface area contributed by atoms with Crippen LogP contribution in [-0.4, -0.2) is 30.5 Å². The number of hydrogen-bond donors (Lipinski definition) is 0. The van der Waals surface area contributed by atoms with Crippen LogP contribution in [-0.2, 0) is 18.4 Å². The number of ether oxygens (including phenoxy) is 3. The molecule has 0 saturated heterocycles. The van der Waals surface area contributed by atoms with Gasteiger partial charge >= 0.3 is 5.97 Å². The molecule has 6 heteroatoms. The molecule has 128 valence electrons. The van der Waals surface area contributed by atoms with Crippen LogP contribution in [0.5, 0.6) is 11.5 Å². The SMILES string of the molecule is COc1cc(C)c(COC(=O)c2cc(C(C)=O)cn2C)cc1OC. The Balaban J connectivity index is 2.16. The second-order valence-electron chi connectivity index (χ2n) is 5.49. The number of hydrogen-bond acceptors (Lipinski definition) is 5. The number of benzene rings is 1. The number of nitrogens with zero attached hydrogens (tertiary/aromatic N) is 1. The Kier molecular flexibility index (Phi) is 5.28. The van der Waals surface area contributed by atoms with Crippen LogP contribution in [0.15, 0.2) is 24.4 Å². The van der Waals surface area contributed by atoms with Crippen LogP contribution < -0.4 is 9.47 Å². The first-order chi connectivity index (χ1) is 11.4. The van der Waals surface area contributed by atoms with Crippen LogP contribution >= 0.6 is 0 Å². The fourth-order valence-electron chi connectivity index (χ4n) is 2.36. The number of aromatic nitrogens is 1. The largest absolute Gasteiger partial charge is 0.493 e. The Morgan fingerprint density at radius 1 is 1.08 bits per heavy atom. The van der Waals surface area contributed by atoms with Crippen molar-refractivity contribution >= 4 is 11.8 Å². The van der Waals surface area contributed by atoms with E-state index in [0.717, 1.165) is 11.1 Å². The molecule has 1 aromatic heterocycles. The molecule has 0 N–H and O–H groups in total. The summed E-state index contributed by atoms with van der Waals surface area (Å²) in [4.78, 5) is 23.7. The van der Waals surface area contributed by atoms with Gasteiger partial charge < -0.3 is 18.8 Å². The minimum atomic E-state index is -0.487. The van der Waals surface area contributed by atoms with Gasteiger partial charge in [-0.05, 0) is 43.2 Å². The third-order valence-corrected chi connectivity index (χ3v) is 3.82.